The van der Waals surface area contributed by atoms with Crippen LogP contribution in [0.25, 0.3) is 5.69 Å². The summed E-state index contributed by atoms with van der Waals surface area (Å²) in [5, 5.41) is 19.1. The Hall–Kier alpha value is -2.77. The number of rotatable bonds is 4. The first-order chi connectivity index (χ1) is 12.4. The molecule has 2 aromatic rings. The number of carbonyl (C=O) groups is 1. The standard InChI is InChI=1S/C18H23N5O3/c1-12-7-9-14(10-8-12)21(3)18(24)17-13(2)22(20-19-17)15-5-4-6-16(11-15)23(25)26/h4-6,11-12,14H,7-10H2,1-3H3. The third kappa shape index (κ3) is 3.44. The quantitative estimate of drug-likeness (QED) is 0.619. The van der Waals surface area contributed by atoms with Crippen molar-refractivity contribution >= 4 is 11.6 Å². The zero-order chi connectivity index (χ0) is 18.8. The summed E-state index contributed by atoms with van der Waals surface area (Å²) in [6, 6.07) is 6.35. The number of benzene rings is 1. The van der Waals surface area contributed by atoms with Crippen molar-refractivity contribution in [2.75, 3.05) is 7.05 Å². The van der Waals surface area contributed by atoms with Crippen LogP contribution in [-0.2, 0) is 0 Å². The second-order valence-electron chi connectivity index (χ2n) is 7.04. The number of hydrogen-bond acceptors (Lipinski definition) is 5. The van der Waals surface area contributed by atoms with E-state index >= 15 is 0 Å². The molecule has 0 spiro atoms. The minimum absolute atomic E-state index is 0.0290. The minimum atomic E-state index is -0.459. The van der Waals surface area contributed by atoms with Gasteiger partial charge in [-0.05, 0) is 44.6 Å². The molecule has 8 nitrogen and oxygen atoms in total. The van der Waals surface area contributed by atoms with Gasteiger partial charge in [-0.1, -0.05) is 18.2 Å². The van der Waals surface area contributed by atoms with Gasteiger partial charge in [0.25, 0.3) is 11.6 Å². The van der Waals surface area contributed by atoms with Crippen LogP contribution in [0.4, 0.5) is 5.69 Å². The molecule has 0 aliphatic heterocycles. The van der Waals surface area contributed by atoms with Gasteiger partial charge in [-0.15, -0.1) is 5.10 Å². The van der Waals surface area contributed by atoms with E-state index in [-0.39, 0.29) is 23.3 Å². The number of nitro groups is 1. The van der Waals surface area contributed by atoms with E-state index in [1.165, 1.54) is 16.8 Å². The molecule has 0 bridgehead atoms. The highest BCUT2D eigenvalue weighted by molar-refractivity contribution is 5.93. The zero-order valence-corrected chi connectivity index (χ0v) is 15.3. The van der Waals surface area contributed by atoms with Crippen LogP contribution in [0.2, 0.25) is 0 Å². The summed E-state index contributed by atoms with van der Waals surface area (Å²) < 4.78 is 1.47. The number of nitro benzene ring substituents is 1. The lowest BCUT2D eigenvalue weighted by Gasteiger charge is -2.33. The molecule has 1 fully saturated rings. The molecule has 8 heteroatoms. The maximum Gasteiger partial charge on any atom is 0.276 e. The summed E-state index contributed by atoms with van der Waals surface area (Å²) in [5.41, 5.74) is 1.35. The lowest BCUT2D eigenvalue weighted by molar-refractivity contribution is -0.384. The first-order valence-electron chi connectivity index (χ1n) is 8.82. The molecule has 0 atom stereocenters. The molecule has 1 aromatic carbocycles. The van der Waals surface area contributed by atoms with E-state index in [2.05, 4.69) is 17.2 Å². The lowest BCUT2D eigenvalue weighted by Crippen LogP contribution is -2.39. The number of nitrogens with zero attached hydrogens (tertiary/aromatic N) is 5. The normalized spacial score (nSPS) is 20.0. The number of carbonyl (C=O) groups excluding carboxylic acids is 1. The number of hydrogen-bond donors (Lipinski definition) is 0. The van der Waals surface area contributed by atoms with Gasteiger partial charge >= 0.3 is 0 Å². The van der Waals surface area contributed by atoms with Crippen molar-refractivity contribution in [3.8, 4) is 5.69 Å². The molecular weight excluding hydrogens is 334 g/mol. The van der Waals surface area contributed by atoms with Gasteiger partial charge < -0.3 is 4.90 Å². The van der Waals surface area contributed by atoms with E-state index in [0.29, 0.717) is 17.3 Å². The second-order valence-corrected chi connectivity index (χ2v) is 7.04. The van der Waals surface area contributed by atoms with Gasteiger partial charge in [0.2, 0.25) is 0 Å². The molecule has 0 radical (unpaired) electrons. The Balaban J connectivity index is 1.83. The molecule has 1 aliphatic carbocycles. The summed E-state index contributed by atoms with van der Waals surface area (Å²) in [5.74, 6) is 0.560. The summed E-state index contributed by atoms with van der Waals surface area (Å²) >= 11 is 0. The van der Waals surface area contributed by atoms with Crippen LogP contribution >= 0.6 is 0 Å². The Bertz CT molecular complexity index is 824. The number of aromatic nitrogens is 3. The first kappa shape index (κ1) is 18.0. The average molecular weight is 357 g/mol. The first-order valence-corrected chi connectivity index (χ1v) is 8.82. The van der Waals surface area contributed by atoms with E-state index < -0.39 is 4.92 Å². The van der Waals surface area contributed by atoms with Crippen molar-refractivity contribution in [1.29, 1.82) is 0 Å². The highest BCUT2D eigenvalue weighted by Gasteiger charge is 2.28. The van der Waals surface area contributed by atoms with Gasteiger partial charge in [-0.3, -0.25) is 14.9 Å². The minimum Gasteiger partial charge on any atom is -0.337 e. The van der Waals surface area contributed by atoms with Crippen molar-refractivity contribution in [1.82, 2.24) is 19.9 Å². The molecule has 1 heterocycles. The van der Waals surface area contributed by atoms with Crippen LogP contribution in [0.15, 0.2) is 24.3 Å². The molecule has 0 N–H and O–H groups in total. The van der Waals surface area contributed by atoms with E-state index in [9.17, 15) is 14.9 Å². The predicted molar refractivity (Wildman–Crippen MR) is 96.3 cm³/mol. The van der Waals surface area contributed by atoms with Crippen LogP contribution in [0, 0.1) is 23.0 Å². The molecule has 26 heavy (non-hydrogen) atoms. The van der Waals surface area contributed by atoms with E-state index in [0.717, 1.165) is 25.7 Å². The fourth-order valence-corrected chi connectivity index (χ4v) is 3.47. The van der Waals surface area contributed by atoms with Gasteiger partial charge in [-0.2, -0.15) is 0 Å². The van der Waals surface area contributed by atoms with Crippen LogP contribution in [-0.4, -0.2) is 43.8 Å². The van der Waals surface area contributed by atoms with Crippen LogP contribution < -0.4 is 0 Å². The third-order valence-corrected chi connectivity index (χ3v) is 5.24. The van der Waals surface area contributed by atoms with Gasteiger partial charge in [0.05, 0.1) is 16.3 Å². The average Bonchev–Trinajstić information content (AvgIpc) is 3.02. The molecular formula is C18H23N5O3. The Kier molecular flexibility index (Phi) is 5.01. The fourth-order valence-electron chi connectivity index (χ4n) is 3.47. The van der Waals surface area contributed by atoms with Gasteiger partial charge in [0.1, 0.15) is 0 Å². The number of non-ortho nitro benzene ring substituents is 1. The zero-order valence-electron chi connectivity index (χ0n) is 15.3. The SMILES string of the molecule is Cc1c(C(=O)N(C)C2CCC(C)CC2)nnn1-c1cccc([N+](=O)[O-])c1. The van der Waals surface area contributed by atoms with Crippen LogP contribution in [0.1, 0.15) is 48.8 Å². The molecule has 1 aliphatic rings. The Morgan fingerprint density at radius 1 is 1.31 bits per heavy atom. The Labute approximate surface area is 152 Å². The molecule has 138 valence electrons. The molecule has 1 amide bonds. The van der Waals surface area contributed by atoms with Crippen molar-refractivity contribution in [3.05, 3.63) is 45.8 Å². The van der Waals surface area contributed by atoms with Gasteiger partial charge in [0.15, 0.2) is 5.69 Å². The predicted octanol–water partition coefficient (Wildman–Crippen LogP) is 3.13. The summed E-state index contributed by atoms with van der Waals surface area (Å²) in [4.78, 5) is 25.1. The summed E-state index contributed by atoms with van der Waals surface area (Å²) in [6.45, 7) is 4.00. The Morgan fingerprint density at radius 2 is 2.00 bits per heavy atom. The van der Waals surface area contributed by atoms with Crippen LogP contribution in [0.3, 0.4) is 0 Å². The topological polar surface area (TPSA) is 94.2 Å². The van der Waals surface area contributed by atoms with Crippen molar-refractivity contribution in [2.45, 2.75) is 45.6 Å². The van der Waals surface area contributed by atoms with E-state index in [1.807, 2.05) is 7.05 Å². The maximum atomic E-state index is 12.9. The largest absolute Gasteiger partial charge is 0.337 e. The smallest absolute Gasteiger partial charge is 0.276 e. The van der Waals surface area contributed by atoms with Crippen LogP contribution in [0.5, 0.6) is 0 Å². The molecule has 1 saturated carbocycles. The highest BCUT2D eigenvalue weighted by atomic mass is 16.6. The van der Waals surface area contributed by atoms with Crippen molar-refractivity contribution in [2.24, 2.45) is 5.92 Å². The molecule has 0 saturated heterocycles. The monoisotopic (exact) mass is 357 g/mol. The van der Waals surface area contributed by atoms with Crippen molar-refractivity contribution in [3.63, 3.8) is 0 Å². The van der Waals surface area contributed by atoms with Gasteiger partial charge in [-0.25, -0.2) is 4.68 Å². The fraction of sp³-hybridized carbons (Fsp3) is 0.500. The number of amides is 1. The lowest BCUT2D eigenvalue weighted by atomic mass is 9.86. The highest BCUT2D eigenvalue weighted by Crippen LogP contribution is 2.27. The summed E-state index contributed by atoms with van der Waals surface area (Å²) in [7, 11) is 1.81. The summed E-state index contributed by atoms with van der Waals surface area (Å²) in [6.07, 6.45) is 4.26. The van der Waals surface area contributed by atoms with E-state index in [4.69, 9.17) is 0 Å². The maximum absolute atomic E-state index is 12.9. The molecule has 0 unspecified atom stereocenters. The van der Waals surface area contributed by atoms with Gasteiger partial charge in [0, 0.05) is 25.2 Å². The molecule has 1 aromatic heterocycles. The Morgan fingerprint density at radius 3 is 2.65 bits per heavy atom. The van der Waals surface area contributed by atoms with Crippen molar-refractivity contribution < 1.29 is 9.72 Å². The second kappa shape index (κ2) is 7.23. The van der Waals surface area contributed by atoms with E-state index in [1.54, 1.807) is 24.0 Å². The molecule has 3 rings (SSSR count). The third-order valence-electron chi connectivity index (χ3n) is 5.24.